The van der Waals surface area contributed by atoms with E-state index in [1.165, 1.54) is 42.6 Å². The molecular weight excluding hydrogens is 673 g/mol. The Morgan fingerprint density at radius 3 is 1.54 bits per heavy atom. The fraction of sp³-hybridized carbons (Fsp3) is 0. The first-order valence-corrected chi connectivity index (χ1v) is 20.5. The van der Waals surface area contributed by atoms with Gasteiger partial charge >= 0.3 is 0 Å². The molecule has 8 aromatic carbocycles. The highest BCUT2D eigenvalue weighted by Crippen LogP contribution is 2.35. The lowest BCUT2D eigenvalue weighted by Gasteiger charge is -2.34. The van der Waals surface area contributed by atoms with Gasteiger partial charge in [0.05, 0.1) is 33.1 Å². The van der Waals surface area contributed by atoms with Crippen molar-refractivity contribution < 1.29 is 0 Å². The Hall–Kier alpha value is -6.95. The SMILES string of the molecule is c1ccc([Si](c2ccccc2)(c2ccccc2)c2cccc(-n3c4ccccc4c4cc(-n5c6ccccc6n6c7ccccc7nc56)ccc43)c2)cc1. The molecule has 0 amide bonds. The maximum atomic E-state index is 5.16. The number of aromatic nitrogens is 4. The van der Waals surface area contributed by atoms with Gasteiger partial charge in [-0.3, -0.25) is 8.97 Å². The Bertz CT molecular complexity index is 3060. The standard InChI is InChI=1S/C49H34N4Si/c1-4-18-37(19-5-1)54(38-20-6-2-7-21-38,39-22-8-3-9-23-39)40-24-16-17-35(33-40)51-44-27-12-10-25-41(44)42-34-36(31-32-45(42)51)52-47-29-14-15-30-48(47)53-46-28-13-11-26-43(46)50-49(52)53/h1-34H. The van der Waals surface area contributed by atoms with Crippen LogP contribution in [-0.2, 0) is 0 Å². The molecule has 3 aromatic heterocycles. The van der Waals surface area contributed by atoms with Crippen LogP contribution in [0.25, 0.3) is 61.0 Å². The molecular formula is C49H34N4Si. The molecule has 0 bridgehead atoms. The molecule has 5 heteroatoms. The lowest BCUT2D eigenvalue weighted by molar-refractivity contribution is 1.11. The van der Waals surface area contributed by atoms with Crippen LogP contribution in [0, 0.1) is 0 Å². The zero-order chi connectivity index (χ0) is 35.6. The first-order chi connectivity index (χ1) is 26.8. The second kappa shape index (κ2) is 12.1. The zero-order valence-electron chi connectivity index (χ0n) is 29.4. The van der Waals surface area contributed by atoms with Crippen molar-refractivity contribution in [2.45, 2.75) is 0 Å². The minimum atomic E-state index is -2.72. The zero-order valence-corrected chi connectivity index (χ0v) is 30.4. The maximum absolute atomic E-state index is 5.16. The van der Waals surface area contributed by atoms with Gasteiger partial charge in [0, 0.05) is 22.1 Å². The van der Waals surface area contributed by atoms with E-state index >= 15 is 0 Å². The molecule has 0 atom stereocenters. The molecule has 0 saturated heterocycles. The number of imidazole rings is 2. The minimum absolute atomic E-state index is 0.914. The molecule has 0 aliphatic carbocycles. The molecule has 11 rings (SSSR count). The molecule has 0 aliphatic heterocycles. The molecule has 0 fully saturated rings. The van der Waals surface area contributed by atoms with E-state index < -0.39 is 8.07 Å². The van der Waals surface area contributed by atoms with Crippen LogP contribution in [0.3, 0.4) is 0 Å². The molecule has 0 N–H and O–H groups in total. The number of para-hydroxylation sites is 5. The van der Waals surface area contributed by atoms with E-state index in [9.17, 15) is 0 Å². The van der Waals surface area contributed by atoms with Crippen LogP contribution in [0.1, 0.15) is 0 Å². The summed E-state index contributed by atoms with van der Waals surface area (Å²) in [5.41, 5.74) is 8.97. The third-order valence-corrected chi connectivity index (χ3v) is 16.0. The van der Waals surface area contributed by atoms with Crippen LogP contribution in [0.5, 0.6) is 0 Å². The van der Waals surface area contributed by atoms with E-state index in [-0.39, 0.29) is 0 Å². The molecule has 0 spiro atoms. The monoisotopic (exact) mass is 706 g/mol. The summed E-state index contributed by atoms with van der Waals surface area (Å²) in [5, 5.41) is 7.87. The number of hydrogen-bond acceptors (Lipinski definition) is 1. The number of nitrogens with zero attached hydrogens (tertiary/aromatic N) is 4. The molecule has 254 valence electrons. The summed E-state index contributed by atoms with van der Waals surface area (Å²) in [6.45, 7) is 0. The van der Waals surface area contributed by atoms with E-state index in [4.69, 9.17) is 4.98 Å². The van der Waals surface area contributed by atoms with Crippen molar-refractivity contribution in [3.63, 3.8) is 0 Å². The van der Waals surface area contributed by atoms with Gasteiger partial charge in [0.2, 0.25) is 5.78 Å². The first kappa shape index (κ1) is 30.7. The Morgan fingerprint density at radius 1 is 0.333 bits per heavy atom. The summed E-state index contributed by atoms with van der Waals surface area (Å²) in [4.78, 5) is 5.16. The van der Waals surface area contributed by atoms with Crippen molar-refractivity contribution >= 4 is 78.5 Å². The summed E-state index contributed by atoms with van der Waals surface area (Å²) in [5.74, 6) is 0.914. The van der Waals surface area contributed by atoms with E-state index in [0.29, 0.717) is 0 Å². The summed E-state index contributed by atoms with van der Waals surface area (Å²) < 4.78 is 7.04. The van der Waals surface area contributed by atoms with E-state index in [2.05, 4.69) is 220 Å². The van der Waals surface area contributed by atoms with Crippen LogP contribution in [0.15, 0.2) is 206 Å². The van der Waals surface area contributed by atoms with Gasteiger partial charge in [0.1, 0.15) is 0 Å². The predicted molar refractivity (Wildman–Crippen MR) is 227 cm³/mol. The first-order valence-electron chi connectivity index (χ1n) is 18.5. The average Bonchev–Trinajstić information content (AvgIpc) is 3.89. The highest BCUT2D eigenvalue weighted by Gasteiger charge is 2.41. The van der Waals surface area contributed by atoms with Crippen LogP contribution >= 0.6 is 0 Å². The second-order valence-corrected chi connectivity index (χ2v) is 17.8. The highest BCUT2D eigenvalue weighted by molar-refractivity contribution is 7.19. The second-order valence-electron chi connectivity index (χ2n) is 14.0. The Morgan fingerprint density at radius 2 is 0.852 bits per heavy atom. The van der Waals surface area contributed by atoms with Gasteiger partial charge in [-0.15, -0.1) is 0 Å². The molecule has 0 unspecified atom stereocenters. The van der Waals surface area contributed by atoms with Crippen LogP contribution < -0.4 is 20.7 Å². The fourth-order valence-electron chi connectivity index (χ4n) is 8.93. The third-order valence-electron chi connectivity index (χ3n) is 11.2. The van der Waals surface area contributed by atoms with E-state index in [0.717, 1.165) is 39.2 Å². The van der Waals surface area contributed by atoms with Crippen molar-refractivity contribution in [3.05, 3.63) is 206 Å². The summed E-state index contributed by atoms with van der Waals surface area (Å²) >= 11 is 0. The molecule has 11 aromatic rings. The Labute approximate surface area is 313 Å². The fourth-order valence-corrected chi connectivity index (χ4v) is 13.7. The summed E-state index contributed by atoms with van der Waals surface area (Å²) in [7, 11) is -2.72. The van der Waals surface area contributed by atoms with Gasteiger partial charge in [-0.05, 0) is 81.4 Å². The van der Waals surface area contributed by atoms with Crippen molar-refractivity contribution in [1.29, 1.82) is 0 Å². The number of benzene rings is 8. The number of fused-ring (bicyclic) bond motifs is 8. The molecule has 3 heterocycles. The summed E-state index contributed by atoms with van der Waals surface area (Å²) in [6, 6.07) is 75.5. The van der Waals surface area contributed by atoms with Crippen molar-refractivity contribution in [3.8, 4) is 11.4 Å². The third kappa shape index (κ3) is 4.39. The topological polar surface area (TPSA) is 27.2 Å². The van der Waals surface area contributed by atoms with E-state index in [1.807, 2.05) is 0 Å². The van der Waals surface area contributed by atoms with Gasteiger partial charge in [0.25, 0.3) is 0 Å². The molecule has 4 nitrogen and oxygen atoms in total. The Kier molecular flexibility index (Phi) is 6.84. The smallest absolute Gasteiger partial charge is 0.220 e. The maximum Gasteiger partial charge on any atom is 0.220 e. The van der Waals surface area contributed by atoms with Gasteiger partial charge < -0.3 is 4.57 Å². The van der Waals surface area contributed by atoms with Crippen molar-refractivity contribution in [2.24, 2.45) is 0 Å². The van der Waals surface area contributed by atoms with Crippen LogP contribution in [0.4, 0.5) is 0 Å². The van der Waals surface area contributed by atoms with Gasteiger partial charge in [0.15, 0.2) is 8.07 Å². The molecule has 54 heavy (non-hydrogen) atoms. The quantitative estimate of drug-likeness (QED) is 0.125. The molecule has 0 radical (unpaired) electrons. The largest absolute Gasteiger partial charge is 0.309 e. The van der Waals surface area contributed by atoms with Crippen molar-refractivity contribution in [1.82, 2.24) is 18.5 Å². The average molecular weight is 707 g/mol. The number of hydrogen-bond donors (Lipinski definition) is 0. The predicted octanol–water partition coefficient (Wildman–Crippen LogP) is 8.91. The van der Waals surface area contributed by atoms with E-state index in [1.54, 1.807) is 0 Å². The molecule has 0 saturated carbocycles. The molecule has 0 aliphatic rings. The lowest BCUT2D eigenvalue weighted by atomic mass is 10.1. The number of rotatable bonds is 6. The van der Waals surface area contributed by atoms with Gasteiger partial charge in [-0.2, -0.15) is 0 Å². The van der Waals surface area contributed by atoms with Gasteiger partial charge in [-0.1, -0.05) is 146 Å². The normalized spacial score (nSPS) is 12.1. The summed E-state index contributed by atoms with van der Waals surface area (Å²) in [6.07, 6.45) is 0. The van der Waals surface area contributed by atoms with Gasteiger partial charge in [-0.25, -0.2) is 4.98 Å². The van der Waals surface area contributed by atoms with Crippen molar-refractivity contribution in [2.75, 3.05) is 0 Å². The van der Waals surface area contributed by atoms with Crippen LogP contribution in [0.2, 0.25) is 0 Å². The Balaban J connectivity index is 1.16. The minimum Gasteiger partial charge on any atom is -0.309 e. The highest BCUT2D eigenvalue weighted by atomic mass is 28.3. The van der Waals surface area contributed by atoms with Crippen LogP contribution in [-0.4, -0.2) is 26.6 Å². The lowest BCUT2D eigenvalue weighted by Crippen LogP contribution is -2.74.